The van der Waals surface area contributed by atoms with Crippen molar-refractivity contribution in [1.29, 1.82) is 0 Å². The van der Waals surface area contributed by atoms with Crippen LogP contribution in [0.5, 0.6) is 5.75 Å². The van der Waals surface area contributed by atoms with E-state index < -0.39 is 5.91 Å². The molecule has 1 amide bonds. The van der Waals surface area contributed by atoms with Gasteiger partial charge in [-0.1, -0.05) is 6.07 Å². The highest BCUT2D eigenvalue weighted by Gasteiger charge is 1.96. The van der Waals surface area contributed by atoms with Crippen LogP contribution in [0.1, 0.15) is 5.56 Å². The molecule has 0 aliphatic rings. The SMILES string of the molecule is NC(=O)/C=C/c1ccc(I)c(O)c1. The molecule has 0 radical (unpaired) electrons. The molecule has 0 spiro atoms. The summed E-state index contributed by atoms with van der Waals surface area (Å²) >= 11 is 2.02. The van der Waals surface area contributed by atoms with Gasteiger partial charge in [-0.3, -0.25) is 4.79 Å². The van der Waals surface area contributed by atoms with E-state index in [0.717, 1.165) is 9.13 Å². The average molecular weight is 289 g/mol. The normalized spacial score (nSPS) is 10.5. The summed E-state index contributed by atoms with van der Waals surface area (Å²) in [6, 6.07) is 5.12. The van der Waals surface area contributed by atoms with Gasteiger partial charge in [-0.15, -0.1) is 0 Å². The van der Waals surface area contributed by atoms with Crippen LogP contribution in [0.15, 0.2) is 24.3 Å². The second-order valence-corrected chi connectivity index (χ2v) is 3.61. The second-order valence-electron chi connectivity index (χ2n) is 2.45. The smallest absolute Gasteiger partial charge is 0.241 e. The monoisotopic (exact) mass is 289 g/mol. The number of hydrogen-bond acceptors (Lipinski definition) is 2. The van der Waals surface area contributed by atoms with Crippen LogP contribution in [0, 0.1) is 3.57 Å². The van der Waals surface area contributed by atoms with Crippen molar-refractivity contribution in [2.75, 3.05) is 0 Å². The molecule has 0 saturated carbocycles. The highest BCUT2D eigenvalue weighted by atomic mass is 127. The molecule has 0 atom stereocenters. The van der Waals surface area contributed by atoms with Gasteiger partial charge in [0.05, 0.1) is 3.57 Å². The molecule has 0 aliphatic heterocycles. The quantitative estimate of drug-likeness (QED) is 0.640. The molecule has 0 bridgehead atoms. The van der Waals surface area contributed by atoms with E-state index in [2.05, 4.69) is 0 Å². The van der Waals surface area contributed by atoms with Gasteiger partial charge in [-0.2, -0.15) is 0 Å². The molecule has 68 valence electrons. The van der Waals surface area contributed by atoms with E-state index in [0.29, 0.717) is 0 Å². The third-order valence-electron chi connectivity index (χ3n) is 1.41. The van der Waals surface area contributed by atoms with Gasteiger partial charge in [0.25, 0.3) is 0 Å². The first-order valence-corrected chi connectivity index (χ1v) is 4.63. The summed E-state index contributed by atoms with van der Waals surface area (Å²) in [5.41, 5.74) is 5.67. The van der Waals surface area contributed by atoms with Crippen LogP contribution < -0.4 is 5.73 Å². The number of benzene rings is 1. The number of halogens is 1. The number of rotatable bonds is 2. The van der Waals surface area contributed by atoms with E-state index in [-0.39, 0.29) is 5.75 Å². The van der Waals surface area contributed by atoms with Gasteiger partial charge < -0.3 is 10.8 Å². The van der Waals surface area contributed by atoms with Gasteiger partial charge in [-0.25, -0.2) is 0 Å². The fourth-order valence-corrected chi connectivity index (χ4v) is 1.15. The molecular formula is C9H8INO2. The minimum atomic E-state index is -0.502. The van der Waals surface area contributed by atoms with Crippen LogP contribution in [0.4, 0.5) is 0 Å². The fourth-order valence-electron chi connectivity index (χ4n) is 0.812. The maximum Gasteiger partial charge on any atom is 0.241 e. The number of carbonyl (C=O) groups excluding carboxylic acids is 1. The number of phenolic OH excluding ortho intramolecular Hbond substituents is 1. The predicted octanol–water partition coefficient (Wildman–Crippen LogP) is 1.50. The molecule has 0 aromatic heterocycles. The summed E-state index contributed by atoms with van der Waals surface area (Å²) in [5.74, 6) is -0.301. The van der Waals surface area contributed by atoms with Crippen molar-refractivity contribution in [3.05, 3.63) is 33.4 Å². The van der Waals surface area contributed by atoms with Crippen LogP contribution in [0.25, 0.3) is 6.08 Å². The fraction of sp³-hybridized carbons (Fsp3) is 0. The van der Waals surface area contributed by atoms with E-state index in [1.165, 1.54) is 6.08 Å². The first kappa shape index (κ1) is 10.0. The number of nitrogens with two attached hydrogens (primary N) is 1. The molecule has 0 heterocycles. The number of phenols is 1. The Morgan fingerprint density at radius 3 is 2.77 bits per heavy atom. The maximum atomic E-state index is 10.4. The Hall–Kier alpha value is -1.04. The molecule has 0 aliphatic carbocycles. The molecule has 13 heavy (non-hydrogen) atoms. The highest BCUT2D eigenvalue weighted by molar-refractivity contribution is 14.1. The molecule has 0 fully saturated rings. The van der Waals surface area contributed by atoms with E-state index in [1.807, 2.05) is 22.6 Å². The van der Waals surface area contributed by atoms with Gasteiger partial charge in [-0.05, 0) is 46.4 Å². The van der Waals surface area contributed by atoms with Gasteiger partial charge in [0.2, 0.25) is 5.91 Å². The molecule has 3 N–H and O–H groups in total. The molecule has 3 nitrogen and oxygen atoms in total. The summed E-state index contributed by atoms with van der Waals surface area (Å²) in [4.78, 5) is 10.4. The second kappa shape index (κ2) is 4.27. The van der Waals surface area contributed by atoms with Crippen LogP contribution in [0.2, 0.25) is 0 Å². The van der Waals surface area contributed by atoms with Crippen LogP contribution >= 0.6 is 22.6 Å². The third-order valence-corrected chi connectivity index (χ3v) is 2.32. The van der Waals surface area contributed by atoms with Crippen LogP contribution in [-0.2, 0) is 4.79 Å². The van der Waals surface area contributed by atoms with Crippen LogP contribution in [-0.4, -0.2) is 11.0 Å². The molecule has 1 aromatic carbocycles. The summed E-state index contributed by atoms with van der Waals surface area (Å²) < 4.78 is 0.772. The molecule has 0 unspecified atom stereocenters. The number of amides is 1. The maximum absolute atomic E-state index is 10.4. The summed E-state index contributed by atoms with van der Waals surface area (Å²) in [6.45, 7) is 0. The molecule has 1 aromatic rings. The van der Waals surface area contributed by atoms with Gasteiger partial charge in [0, 0.05) is 6.08 Å². The molecule has 1 rings (SSSR count). The lowest BCUT2D eigenvalue weighted by Crippen LogP contribution is -2.05. The van der Waals surface area contributed by atoms with Crippen molar-refractivity contribution in [2.45, 2.75) is 0 Å². The van der Waals surface area contributed by atoms with Gasteiger partial charge >= 0.3 is 0 Å². The lowest BCUT2D eigenvalue weighted by atomic mass is 10.2. The molecule has 0 saturated heterocycles. The van der Waals surface area contributed by atoms with E-state index in [4.69, 9.17) is 5.73 Å². The third kappa shape index (κ3) is 3.06. The standard InChI is InChI=1S/C9H8INO2/c10-7-3-1-6(5-8(7)12)2-4-9(11)13/h1-5,12H,(H2,11,13)/b4-2+. The Labute approximate surface area is 89.4 Å². The van der Waals surface area contributed by atoms with Gasteiger partial charge in [0.15, 0.2) is 0 Å². The Morgan fingerprint density at radius 1 is 1.54 bits per heavy atom. The molecular weight excluding hydrogens is 281 g/mol. The van der Waals surface area contributed by atoms with Crippen molar-refractivity contribution in [1.82, 2.24) is 0 Å². The minimum Gasteiger partial charge on any atom is -0.507 e. The van der Waals surface area contributed by atoms with Crippen LogP contribution in [0.3, 0.4) is 0 Å². The zero-order valence-electron chi connectivity index (χ0n) is 6.70. The van der Waals surface area contributed by atoms with Crippen molar-refractivity contribution < 1.29 is 9.90 Å². The number of carbonyl (C=O) groups is 1. The zero-order chi connectivity index (χ0) is 9.84. The Balaban J connectivity index is 2.92. The van der Waals surface area contributed by atoms with Crippen molar-refractivity contribution >= 4 is 34.6 Å². The first-order valence-electron chi connectivity index (χ1n) is 3.55. The van der Waals surface area contributed by atoms with Crippen molar-refractivity contribution in [2.24, 2.45) is 5.73 Å². The Kier molecular flexibility index (Phi) is 3.30. The first-order chi connectivity index (χ1) is 6.09. The molecule has 4 heteroatoms. The lowest BCUT2D eigenvalue weighted by molar-refractivity contribution is -0.113. The zero-order valence-corrected chi connectivity index (χ0v) is 8.86. The number of hydrogen-bond donors (Lipinski definition) is 2. The largest absolute Gasteiger partial charge is 0.507 e. The summed E-state index contributed by atoms with van der Waals surface area (Å²) in [7, 11) is 0. The van der Waals surface area contributed by atoms with E-state index in [9.17, 15) is 9.90 Å². The van der Waals surface area contributed by atoms with Crippen molar-refractivity contribution in [3.63, 3.8) is 0 Å². The minimum absolute atomic E-state index is 0.201. The van der Waals surface area contributed by atoms with E-state index in [1.54, 1.807) is 24.3 Å². The van der Waals surface area contributed by atoms with Crippen molar-refractivity contribution in [3.8, 4) is 5.75 Å². The summed E-state index contributed by atoms with van der Waals surface area (Å²) in [6.07, 6.45) is 2.81. The topological polar surface area (TPSA) is 63.3 Å². The summed E-state index contributed by atoms with van der Waals surface area (Å²) in [5, 5.41) is 9.31. The lowest BCUT2D eigenvalue weighted by Gasteiger charge is -1.97. The highest BCUT2D eigenvalue weighted by Crippen LogP contribution is 2.20. The van der Waals surface area contributed by atoms with E-state index >= 15 is 0 Å². The number of primary amides is 1. The predicted molar refractivity (Wildman–Crippen MR) is 59.1 cm³/mol. The number of aromatic hydroxyl groups is 1. The Morgan fingerprint density at radius 2 is 2.23 bits per heavy atom. The Bertz CT molecular complexity index is 361. The average Bonchev–Trinajstić information content (AvgIpc) is 2.07. The van der Waals surface area contributed by atoms with Gasteiger partial charge in [0.1, 0.15) is 5.75 Å².